The number of rotatable bonds is 6. The summed E-state index contributed by atoms with van der Waals surface area (Å²) in [5.41, 5.74) is 2.72. The van der Waals surface area contributed by atoms with E-state index in [4.69, 9.17) is 4.74 Å². The van der Waals surface area contributed by atoms with Gasteiger partial charge in [0.05, 0.1) is 12.7 Å². The van der Waals surface area contributed by atoms with Gasteiger partial charge in [-0.3, -0.25) is 0 Å². The molecule has 0 amide bonds. The second-order valence-corrected chi connectivity index (χ2v) is 10.4. The molecule has 2 radical (unpaired) electrons. The van der Waals surface area contributed by atoms with Crippen molar-refractivity contribution in [1.82, 2.24) is 0 Å². The van der Waals surface area contributed by atoms with E-state index >= 15 is 0 Å². The molecule has 3 aliphatic rings. The fourth-order valence-electron chi connectivity index (χ4n) is 6.85. The number of hydrogen-bond acceptors (Lipinski definition) is 4. The monoisotopic (exact) mass is 878 g/mol. The number of allylic oxidation sites excluding steroid dienone is 1. The Bertz CT molecular complexity index is 870. The van der Waals surface area contributed by atoms with Gasteiger partial charge in [-0.25, -0.2) is 4.79 Å². The van der Waals surface area contributed by atoms with Gasteiger partial charge in [-0.1, -0.05) is 56.3 Å². The number of cyclic esters (lactones) is 1. The topological polar surface area (TPSA) is 66.8 Å². The summed E-state index contributed by atoms with van der Waals surface area (Å²) in [6.07, 6.45) is 6.59. The molecule has 2 fully saturated rings. The predicted octanol–water partition coefficient (Wildman–Crippen LogP) is 4.46. The summed E-state index contributed by atoms with van der Waals surface area (Å²) in [5.74, 6) is 0.351. The zero-order valence-electron chi connectivity index (χ0n) is 20.0. The maximum absolute atomic E-state index is 12.5. The van der Waals surface area contributed by atoms with Crippen LogP contribution in [0.1, 0.15) is 51.5 Å². The normalized spacial score (nSPS) is 34.3. The van der Waals surface area contributed by atoms with Gasteiger partial charge in [-0.15, -0.1) is 0 Å². The first-order valence-electron chi connectivity index (χ1n) is 11.7. The molecule has 33 heavy (non-hydrogen) atoms. The molecule has 2 aliphatic carbocycles. The van der Waals surface area contributed by atoms with Crippen molar-refractivity contribution in [2.45, 2.75) is 58.5 Å². The third kappa shape index (κ3) is 5.94. The van der Waals surface area contributed by atoms with Crippen molar-refractivity contribution in [3.63, 3.8) is 0 Å². The van der Waals surface area contributed by atoms with Crippen LogP contribution in [0.2, 0.25) is 0 Å². The summed E-state index contributed by atoms with van der Waals surface area (Å²) in [5, 5.41) is 21.0. The van der Waals surface area contributed by atoms with Crippen LogP contribution in [0.4, 0.5) is 0 Å². The molecule has 0 aromatic heterocycles. The predicted molar refractivity (Wildman–Crippen MR) is 121 cm³/mol. The number of fused-ring (bicyclic) bond motifs is 1. The zero-order chi connectivity index (χ0) is 22.2. The van der Waals surface area contributed by atoms with Crippen molar-refractivity contribution in [3.8, 4) is 0 Å². The smallest absolute Gasteiger partial charge is 0.334 e. The molecule has 1 aromatic carbocycles. The van der Waals surface area contributed by atoms with Crippen LogP contribution in [0.25, 0.3) is 0 Å². The number of carbonyl (C=O) groups is 1. The van der Waals surface area contributed by atoms with Gasteiger partial charge >= 0.3 is 5.97 Å². The summed E-state index contributed by atoms with van der Waals surface area (Å²) in [6.45, 7) is 9.20. The Hall–Kier alpha value is 0.973. The number of ether oxygens (including phenoxy) is 1. The summed E-state index contributed by atoms with van der Waals surface area (Å²) >= 11 is 0. The summed E-state index contributed by atoms with van der Waals surface area (Å²) in [6, 6.07) is 10.3. The number of aliphatic hydroxyl groups excluding tert-OH is 2. The second kappa shape index (κ2) is 12.5. The Morgan fingerprint density at radius 2 is 1.88 bits per heavy atom. The van der Waals surface area contributed by atoms with Crippen LogP contribution in [-0.4, -0.2) is 35.5 Å². The molecular formula is C27H36Ac2O4. The average Bonchev–Trinajstić information content (AvgIpc) is 3.19. The second-order valence-electron chi connectivity index (χ2n) is 10.4. The summed E-state index contributed by atoms with van der Waals surface area (Å²) < 4.78 is 5.28. The van der Waals surface area contributed by atoms with E-state index in [0.717, 1.165) is 37.7 Å². The molecule has 0 bridgehead atoms. The van der Waals surface area contributed by atoms with Gasteiger partial charge in [0.1, 0.15) is 6.61 Å². The summed E-state index contributed by atoms with van der Waals surface area (Å²) in [4.78, 5) is 12.5. The van der Waals surface area contributed by atoms with Crippen molar-refractivity contribution in [1.29, 1.82) is 0 Å². The standard InChI is InChI=1S/C27H36O4.2Ac/c1-18-9-10-23-26(2,13-11-24(29)27(23,3)17-28)22(18)16-20(21-12-14-31-25(21)30)15-19-7-5-4-6-8-19;;/h4-8,12,20,22-24,28-29H,1,9-11,13-17H2,2-3H3;;/t20?,22-,23?,24?,26+,27-;;/m0../s1. The third-order valence-corrected chi connectivity index (χ3v) is 8.73. The van der Waals surface area contributed by atoms with Crippen LogP contribution in [0, 0.1) is 117 Å². The van der Waals surface area contributed by atoms with E-state index in [1.54, 1.807) is 0 Å². The quantitative estimate of drug-likeness (QED) is 0.328. The molecule has 0 spiro atoms. The maximum atomic E-state index is 12.5. The van der Waals surface area contributed by atoms with Gasteiger partial charge in [0, 0.05) is 99.1 Å². The fourth-order valence-corrected chi connectivity index (χ4v) is 6.85. The van der Waals surface area contributed by atoms with Crippen molar-refractivity contribution in [2.24, 2.45) is 28.6 Å². The number of hydrogen-bond donors (Lipinski definition) is 2. The first kappa shape index (κ1) is 30.2. The SMILES string of the molecule is C=C1CCC2[C@](C)(CO)C(O)CC[C@]2(C)[C@H]1CC(Cc1ccccc1)C1=CCOC1=O.[Ac].[Ac]. The molecule has 2 saturated carbocycles. The van der Waals surface area contributed by atoms with E-state index in [0.29, 0.717) is 13.0 Å². The minimum atomic E-state index is -0.494. The molecule has 2 N–H and O–H groups in total. The first-order valence-corrected chi connectivity index (χ1v) is 11.7. The van der Waals surface area contributed by atoms with E-state index in [1.807, 2.05) is 31.2 Å². The van der Waals surface area contributed by atoms with Crippen LogP contribution in [0.3, 0.4) is 0 Å². The number of carbonyl (C=O) groups excluding carboxylic acids is 1. The van der Waals surface area contributed by atoms with Crippen molar-refractivity contribution in [2.75, 3.05) is 13.2 Å². The van der Waals surface area contributed by atoms with Crippen molar-refractivity contribution in [3.05, 3.63) is 59.7 Å². The Labute approximate surface area is 270 Å². The largest absolute Gasteiger partial charge is 0.458 e. The van der Waals surface area contributed by atoms with Gasteiger partial charge in [-0.05, 0) is 73.3 Å². The van der Waals surface area contributed by atoms with Crippen LogP contribution < -0.4 is 0 Å². The molecule has 4 rings (SSSR count). The fraction of sp³-hybridized carbons (Fsp3) is 0.593. The number of aliphatic hydroxyl groups is 2. The molecular weight excluding hydrogens is 842 g/mol. The van der Waals surface area contributed by atoms with Crippen LogP contribution >= 0.6 is 0 Å². The van der Waals surface area contributed by atoms with Gasteiger partial charge in [0.25, 0.3) is 0 Å². The van der Waals surface area contributed by atoms with Gasteiger partial charge < -0.3 is 14.9 Å². The molecule has 1 aromatic rings. The van der Waals surface area contributed by atoms with Gasteiger partial charge in [-0.2, -0.15) is 0 Å². The summed E-state index contributed by atoms with van der Waals surface area (Å²) in [7, 11) is 0. The molecule has 4 nitrogen and oxygen atoms in total. The van der Waals surface area contributed by atoms with E-state index < -0.39 is 11.5 Å². The molecule has 6 atom stereocenters. The van der Waals surface area contributed by atoms with E-state index in [9.17, 15) is 15.0 Å². The van der Waals surface area contributed by atoms with Crippen molar-refractivity contribution >= 4 is 5.97 Å². The Kier molecular flexibility index (Phi) is 11.4. The molecule has 3 unspecified atom stereocenters. The molecule has 1 heterocycles. The number of benzene rings is 1. The maximum Gasteiger partial charge on any atom is 0.334 e. The Morgan fingerprint density at radius 3 is 2.48 bits per heavy atom. The van der Waals surface area contributed by atoms with Gasteiger partial charge in [0.15, 0.2) is 0 Å². The molecule has 6 heteroatoms. The minimum absolute atomic E-state index is 0. The molecule has 174 valence electrons. The van der Waals surface area contributed by atoms with E-state index in [1.165, 1.54) is 11.1 Å². The third-order valence-electron chi connectivity index (χ3n) is 8.73. The van der Waals surface area contributed by atoms with Gasteiger partial charge in [0.2, 0.25) is 0 Å². The molecule has 1 aliphatic heterocycles. The van der Waals surface area contributed by atoms with Crippen molar-refractivity contribution < 1.29 is 108 Å². The molecule has 0 saturated heterocycles. The van der Waals surface area contributed by atoms with E-state index in [2.05, 4.69) is 25.6 Å². The van der Waals surface area contributed by atoms with E-state index in [-0.39, 0.29) is 124 Å². The van der Waals surface area contributed by atoms with Crippen LogP contribution in [0.15, 0.2) is 54.1 Å². The number of esters is 1. The Morgan fingerprint density at radius 1 is 1.18 bits per heavy atom. The zero-order valence-corrected chi connectivity index (χ0v) is 29.5. The average molecular weight is 879 g/mol. The minimum Gasteiger partial charge on any atom is -0.458 e. The van der Waals surface area contributed by atoms with Crippen LogP contribution in [-0.2, 0) is 16.0 Å². The first-order chi connectivity index (χ1) is 14.8. The Balaban J connectivity index is 0.00000193. The van der Waals surface area contributed by atoms with Crippen LogP contribution in [0.5, 0.6) is 0 Å².